The summed E-state index contributed by atoms with van der Waals surface area (Å²) in [7, 11) is -0.281. The lowest BCUT2D eigenvalue weighted by atomic mass is 9.77. The van der Waals surface area contributed by atoms with Crippen molar-refractivity contribution in [3.63, 3.8) is 0 Å². The van der Waals surface area contributed by atoms with E-state index in [1.165, 1.54) is 0 Å². The van der Waals surface area contributed by atoms with E-state index in [1.54, 1.807) is 20.8 Å². The summed E-state index contributed by atoms with van der Waals surface area (Å²) in [5, 5.41) is 15.7. The third-order valence-electron chi connectivity index (χ3n) is 7.68. The summed E-state index contributed by atoms with van der Waals surface area (Å²) >= 11 is 0. The first-order valence-electron chi connectivity index (χ1n) is 13.3. The summed E-state index contributed by atoms with van der Waals surface area (Å²) in [4.78, 5) is 37.5. The van der Waals surface area contributed by atoms with Gasteiger partial charge in [-0.3, -0.25) is 9.59 Å². The van der Waals surface area contributed by atoms with Gasteiger partial charge in [-0.25, -0.2) is 4.79 Å². The third-order valence-corrected chi connectivity index (χ3v) is 7.68. The quantitative estimate of drug-likeness (QED) is 0.291. The molecule has 1 aliphatic heterocycles. The third kappa shape index (κ3) is 7.84. The van der Waals surface area contributed by atoms with E-state index in [-0.39, 0.29) is 36.2 Å². The molecule has 9 nitrogen and oxygen atoms in total. The van der Waals surface area contributed by atoms with E-state index in [9.17, 15) is 19.5 Å². The van der Waals surface area contributed by atoms with Crippen LogP contribution in [0.2, 0.25) is 6.32 Å². The normalized spacial score (nSPS) is 26.1. The fourth-order valence-corrected chi connectivity index (χ4v) is 4.90. The van der Waals surface area contributed by atoms with Gasteiger partial charge in [0.2, 0.25) is 5.91 Å². The van der Waals surface area contributed by atoms with Gasteiger partial charge in [0.15, 0.2) is 0 Å². The van der Waals surface area contributed by atoms with Crippen molar-refractivity contribution >= 4 is 25.1 Å². The van der Waals surface area contributed by atoms with Gasteiger partial charge in [0.05, 0.1) is 16.6 Å². The molecule has 0 aromatic rings. The van der Waals surface area contributed by atoms with Crippen LogP contribution in [0.15, 0.2) is 0 Å². The van der Waals surface area contributed by atoms with E-state index in [0.29, 0.717) is 25.7 Å². The minimum absolute atomic E-state index is 0.155. The number of carbonyl (C=O) groups is 3. The van der Waals surface area contributed by atoms with Crippen LogP contribution in [0.5, 0.6) is 0 Å². The zero-order chi connectivity index (χ0) is 27.5. The summed E-state index contributed by atoms with van der Waals surface area (Å²) in [6, 6.07) is -1.02. The van der Waals surface area contributed by atoms with Crippen LogP contribution in [0.4, 0.5) is 4.79 Å². The first-order chi connectivity index (χ1) is 16.4. The lowest BCUT2D eigenvalue weighted by Gasteiger charge is -2.32. The van der Waals surface area contributed by atoms with Crippen molar-refractivity contribution in [2.75, 3.05) is 0 Å². The van der Waals surface area contributed by atoms with Crippen LogP contribution >= 0.6 is 0 Å². The molecule has 3 atom stereocenters. The number of aliphatic carboxylic acids is 1. The van der Waals surface area contributed by atoms with Gasteiger partial charge in [0.1, 0.15) is 11.6 Å². The maximum atomic E-state index is 13.0. The lowest BCUT2D eigenvalue weighted by Crippen LogP contribution is -2.52. The Morgan fingerprint density at radius 1 is 1.08 bits per heavy atom. The number of unbranched alkanes of at least 4 members (excludes halogenated alkanes) is 1. The summed E-state index contributed by atoms with van der Waals surface area (Å²) in [6.45, 7) is 17.1. The number of carboxylic acid groups (broad SMARTS) is 1. The molecular formula is C26H47BN2O7. The minimum Gasteiger partial charge on any atom is -0.481 e. The smallest absolute Gasteiger partial charge is 0.457 e. The standard InChI is InChI=1S/C26H47BN2O7/c1-17(2)19(29-22(33)34-23(3,4)5)20(30)28-18-12-14-26(16-18,21(31)32)13-10-11-15-27-35-24(6,7)25(8,9)36-27/h17-19H,10-16H2,1-9H3,(H,28,30)(H,29,33)(H,31,32)/t18-,19+,26+/m0/s1. The molecule has 1 saturated heterocycles. The lowest BCUT2D eigenvalue weighted by molar-refractivity contribution is -0.149. The van der Waals surface area contributed by atoms with E-state index in [1.807, 2.05) is 41.5 Å². The van der Waals surface area contributed by atoms with E-state index < -0.39 is 29.1 Å². The molecule has 2 fully saturated rings. The molecule has 0 radical (unpaired) electrons. The van der Waals surface area contributed by atoms with Crippen molar-refractivity contribution in [1.29, 1.82) is 0 Å². The molecular weight excluding hydrogens is 463 g/mol. The van der Waals surface area contributed by atoms with Crippen LogP contribution < -0.4 is 10.6 Å². The Bertz CT molecular complexity index is 793. The van der Waals surface area contributed by atoms with Gasteiger partial charge in [-0.1, -0.05) is 26.7 Å². The predicted octanol–water partition coefficient (Wildman–Crippen LogP) is 4.54. The molecule has 1 aliphatic carbocycles. The van der Waals surface area contributed by atoms with Crippen molar-refractivity contribution < 1.29 is 33.5 Å². The zero-order valence-corrected chi connectivity index (χ0v) is 23.7. The highest BCUT2D eigenvalue weighted by molar-refractivity contribution is 6.45. The van der Waals surface area contributed by atoms with E-state index in [0.717, 1.165) is 19.2 Å². The highest BCUT2D eigenvalue weighted by atomic mass is 16.7. The maximum absolute atomic E-state index is 13.0. The van der Waals surface area contributed by atoms with Gasteiger partial charge in [0, 0.05) is 6.04 Å². The molecule has 0 aromatic heterocycles. The fraction of sp³-hybridized carbons (Fsp3) is 0.885. The topological polar surface area (TPSA) is 123 Å². The number of hydrogen-bond acceptors (Lipinski definition) is 6. The van der Waals surface area contributed by atoms with Gasteiger partial charge in [-0.05, 0) is 86.4 Å². The molecule has 1 heterocycles. The Morgan fingerprint density at radius 3 is 2.17 bits per heavy atom. The van der Waals surface area contributed by atoms with Crippen molar-refractivity contribution in [2.45, 2.75) is 136 Å². The van der Waals surface area contributed by atoms with Crippen LogP contribution in [0, 0.1) is 11.3 Å². The van der Waals surface area contributed by atoms with E-state index in [4.69, 9.17) is 14.0 Å². The van der Waals surface area contributed by atoms with Crippen LogP contribution in [0.25, 0.3) is 0 Å². The average Bonchev–Trinajstić information content (AvgIpc) is 3.19. The van der Waals surface area contributed by atoms with Gasteiger partial charge in [-0.2, -0.15) is 0 Å². The zero-order valence-electron chi connectivity index (χ0n) is 23.7. The summed E-state index contributed by atoms with van der Waals surface area (Å²) in [6.07, 6.45) is 3.63. The van der Waals surface area contributed by atoms with Crippen molar-refractivity contribution in [1.82, 2.24) is 10.6 Å². The molecule has 2 aliphatic rings. The Balaban J connectivity index is 1.88. The van der Waals surface area contributed by atoms with Crippen LogP contribution in [-0.4, -0.2) is 59.1 Å². The second-order valence-corrected chi connectivity index (χ2v) is 12.8. The molecule has 36 heavy (non-hydrogen) atoms. The Morgan fingerprint density at radius 2 is 1.67 bits per heavy atom. The maximum Gasteiger partial charge on any atom is 0.457 e. The first-order valence-corrected chi connectivity index (χ1v) is 13.3. The first kappa shape index (κ1) is 30.4. The molecule has 3 N–H and O–H groups in total. The van der Waals surface area contributed by atoms with Crippen molar-refractivity contribution in [3.05, 3.63) is 0 Å². The van der Waals surface area contributed by atoms with Gasteiger partial charge in [-0.15, -0.1) is 0 Å². The van der Waals surface area contributed by atoms with Gasteiger partial charge >= 0.3 is 19.2 Å². The molecule has 2 rings (SSSR count). The molecule has 0 unspecified atom stereocenters. The number of ether oxygens (including phenoxy) is 1. The predicted molar refractivity (Wildman–Crippen MR) is 139 cm³/mol. The number of nitrogens with one attached hydrogen (secondary N) is 2. The van der Waals surface area contributed by atoms with Crippen LogP contribution in [-0.2, 0) is 23.6 Å². The monoisotopic (exact) mass is 510 g/mol. The second kappa shape index (κ2) is 11.3. The van der Waals surface area contributed by atoms with E-state index >= 15 is 0 Å². The molecule has 206 valence electrons. The SMILES string of the molecule is CC(C)[C@@H](NC(=O)OC(C)(C)C)C(=O)N[C@H]1CC[C@@](CCCCB2OC(C)(C)C(C)(C)O2)(C(=O)O)C1. The molecule has 0 aromatic carbocycles. The number of hydrogen-bond donors (Lipinski definition) is 3. The number of carboxylic acids is 1. The number of amides is 2. The summed E-state index contributed by atoms with van der Waals surface area (Å²) < 4.78 is 17.4. The van der Waals surface area contributed by atoms with E-state index in [2.05, 4.69) is 10.6 Å². The highest BCUT2D eigenvalue weighted by Crippen LogP contribution is 2.43. The molecule has 10 heteroatoms. The highest BCUT2D eigenvalue weighted by Gasteiger charge is 2.51. The Kier molecular flexibility index (Phi) is 9.54. The second-order valence-electron chi connectivity index (χ2n) is 12.8. The largest absolute Gasteiger partial charge is 0.481 e. The minimum atomic E-state index is -0.861. The van der Waals surface area contributed by atoms with Crippen molar-refractivity contribution in [3.8, 4) is 0 Å². The number of alkyl carbamates (subject to hydrolysis) is 1. The van der Waals surface area contributed by atoms with Crippen LogP contribution in [0.3, 0.4) is 0 Å². The average molecular weight is 510 g/mol. The molecule has 1 saturated carbocycles. The summed E-state index contributed by atoms with van der Waals surface area (Å²) in [5.74, 6) is -1.29. The Hall–Kier alpha value is -1.81. The van der Waals surface area contributed by atoms with Gasteiger partial charge in [0.25, 0.3) is 0 Å². The number of carbonyl (C=O) groups excluding carboxylic acids is 2. The van der Waals surface area contributed by atoms with Gasteiger partial charge < -0.3 is 29.8 Å². The molecule has 2 amide bonds. The fourth-order valence-electron chi connectivity index (χ4n) is 4.90. The van der Waals surface area contributed by atoms with Crippen LogP contribution in [0.1, 0.15) is 101 Å². The van der Waals surface area contributed by atoms with Crippen molar-refractivity contribution in [2.24, 2.45) is 11.3 Å². The number of rotatable bonds is 10. The molecule has 0 spiro atoms. The molecule has 0 bridgehead atoms. The Labute approximate surface area is 216 Å². The summed E-state index contributed by atoms with van der Waals surface area (Å²) in [5.41, 5.74) is -2.27.